The Morgan fingerprint density at radius 2 is 0.520 bits per heavy atom. The molecule has 0 spiro atoms. The van der Waals surface area contributed by atoms with Crippen LogP contribution in [0.2, 0.25) is 0 Å². The number of ether oxygens (including phenoxy) is 3. The highest BCUT2D eigenvalue weighted by Gasteiger charge is 2.19. The SMILES string of the molecule is CC/C=C\C/C=C\C/C=C\C/C=C\C/C=C\C/C=C\CCC(=O)OC(COC(=O)CCCCCCCCCCCCCCCCCCC)COC(=O)CCCCCCCCCCCCCCCCCCCCCCC. The lowest BCUT2D eigenvalue weighted by Gasteiger charge is -2.18. The van der Waals surface area contributed by atoms with Gasteiger partial charge in [-0.25, -0.2) is 0 Å². The minimum absolute atomic E-state index is 0.101. The highest BCUT2D eigenvalue weighted by Crippen LogP contribution is 2.18. The van der Waals surface area contributed by atoms with Crippen molar-refractivity contribution in [1.82, 2.24) is 0 Å². The van der Waals surface area contributed by atoms with Gasteiger partial charge in [0.05, 0.1) is 0 Å². The third kappa shape index (κ3) is 61.6. The molecule has 0 aromatic rings. The van der Waals surface area contributed by atoms with Gasteiger partial charge in [-0.1, -0.05) is 325 Å². The zero-order valence-corrected chi connectivity index (χ0v) is 49.8. The molecule has 0 radical (unpaired) electrons. The summed E-state index contributed by atoms with van der Waals surface area (Å²) in [4.78, 5) is 38.3. The molecule has 75 heavy (non-hydrogen) atoms. The second-order valence-corrected chi connectivity index (χ2v) is 21.7. The molecule has 0 aromatic carbocycles. The van der Waals surface area contributed by atoms with Crippen LogP contribution in [0, 0.1) is 0 Å². The lowest BCUT2D eigenvalue weighted by atomic mass is 10.0. The summed E-state index contributed by atoms with van der Waals surface area (Å²) in [6, 6.07) is 0. The van der Waals surface area contributed by atoms with E-state index in [1.807, 2.05) is 6.08 Å². The Morgan fingerprint density at radius 3 is 0.787 bits per heavy atom. The Balaban J connectivity index is 4.42. The third-order valence-electron chi connectivity index (χ3n) is 14.2. The van der Waals surface area contributed by atoms with Crippen molar-refractivity contribution in [3.8, 4) is 0 Å². The topological polar surface area (TPSA) is 78.9 Å². The molecule has 6 heteroatoms. The summed E-state index contributed by atoms with van der Waals surface area (Å²) in [7, 11) is 0. The van der Waals surface area contributed by atoms with Gasteiger partial charge in [0.15, 0.2) is 6.10 Å². The Hall–Kier alpha value is -3.15. The number of carbonyl (C=O) groups excluding carboxylic acids is 3. The highest BCUT2D eigenvalue weighted by molar-refractivity contribution is 5.71. The number of hydrogen-bond donors (Lipinski definition) is 0. The molecule has 0 saturated heterocycles. The first-order chi connectivity index (χ1) is 37.0. The maximum Gasteiger partial charge on any atom is 0.306 e. The quantitative estimate of drug-likeness (QED) is 0.0261. The van der Waals surface area contributed by atoms with E-state index < -0.39 is 6.10 Å². The fraction of sp³-hybridized carbons (Fsp3) is 0.783. The third-order valence-corrected chi connectivity index (χ3v) is 14.2. The Kier molecular flexibility index (Phi) is 60.7. The molecule has 6 nitrogen and oxygen atoms in total. The largest absolute Gasteiger partial charge is 0.462 e. The predicted molar refractivity (Wildman–Crippen MR) is 325 cm³/mol. The van der Waals surface area contributed by atoms with Gasteiger partial charge in [-0.05, 0) is 57.8 Å². The Morgan fingerprint density at radius 1 is 0.280 bits per heavy atom. The fourth-order valence-electron chi connectivity index (χ4n) is 9.41. The number of hydrogen-bond acceptors (Lipinski definition) is 6. The number of allylic oxidation sites excluding steroid dienone is 12. The minimum atomic E-state index is -0.814. The molecule has 1 atom stereocenters. The van der Waals surface area contributed by atoms with E-state index in [0.717, 1.165) is 77.0 Å². The van der Waals surface area contributed by atoms with Crippen LogP contribution in [-0.4, -0.2) is 37.2 Å². The first-order valence-corrected chi connectivity index (χ1v) is 32.4. The van der Waals surface area contributed by atoms with Gasteiger partial charge in [0, 0.05) is 19.3 Å². The highest BCUT2D eigenvalue weighted by atomic mass is 16.6. The van der Waals surface area contributed by atoms with Gasteiger partial charge in [0.1, 0.15) is 13.2 Å². The summed E-state index contributed by atoms with van der Waals surface area (Å²) >= 11 is 0. The van der Waals surface area contributed by atoms with Crippen LogP contribution >= 0.6 is 0 Å². The van der Waals surface area contributed by atoms with Gasteiger partial charge < -0.3 is 14.2 Å². The van der Waals surface area contributed by atoms with E-state index in [-0.39, 0.29) is 37.5 Å². The Bertz CT molecular complexity index is 1390. The van der Waals surface area contributed by atoms with E-state index in [1.54, 1.807) is 0 Å². The molecule has 0 aliphatic carbocycles. The molecule has 1 unspecified atom stereocenters. The van der Waals surface area contributed by atoms with Crippen LogP contribution in [0.3, 0.4) is 0 Å². The average molecular weight is 1050 g/mol. The van der Waals surface area contributed by atoms with Crippen molar-refractivity contribution in [2.75, 3.05) is 13.2 Å². The molecule has 0 aliphatic rings. The summed E-state index contributed by atoms with van der Waals surface area (Å²) in [5, 5.41) is 0. The van der Waals surface area contributed by atoms with Crippen LogP contribution in [0.5, 0.6) is 0 Å². The summed E-state index contributed by atoms with van der Waals surface area (Å²) in [5.41, 5.74) is 0. The molecule has 0 rings (SSSR count). The normalized spacial score (nSPS) is 12.5. The molecule has 0 heterocycles. The predicted octanol–water partition coefficient (Wildman–Crippen LogP) is 22.1. The second kappa shape index (κ2) is 63.4. The van der Waals surface area contributed by atoms with E-state index in [1.165, 1.54) is 205 Å². The molecular weight excluding hydrogens is 925 g/mol. The van der Waals surface area contributed by atoms with Crippen LogP contribution in [0.1, 0.15) is 329 Å². The molecule has 0 saturated carbocycles. The molecule has 0 fully saturated rings. The maximum absolute atomic E-state index is 12.9. The van der Waals surface area contributed by atoms with Crippen LogP contribution in [0.25, 0.3) is 0 Å². The lowest BCUT2D eigenvalue weighted by molar-refractivity contribution is -0.166. The van der Waals surface area contributed by atoms with Gasteiger partial charge in [0.25, 0.3) is 0 Å². The summed E-state index contributed by atoms with van der Waals surface area (Å²) in [6.07, 6.45) is 82.1. The standard InChI is InChI=1S/C69H122O6/c1-4-7-10-13-16-19-22-25-28-31-33-34-36-38-41-44-47-50-53-56-59-62-68(71)74-65-66(64-73-67(70)61-58-55-52-49-46-43-40-37-30-27-24-21-18-15-12-9-6-3)75-69(72)63-60-57-54-51-48-45-42-39-35-32-29-26-23-20-17-14-11-8-5-2/h8,11,17,20,26,29,35,39,45,48,54,57,66H,4-7,9-10,12-16,18-19,21-25,27-28,30-34,36-38,40-44,46-47,49-53,55-56,58-65H2,1-3H3/b11-8-,20-17-,29-26-,39-35-,48-45-,57-54-. The van der Waals surface area contributed by atoms with Crippen molar-refractivity contribution in [1.29, 1.82) is 0 Å². The second-order valence-electron chi connectivity index (χ2n) is 21.7. The monoisotopic (exact) mass is 1050 g/mol. The first kappa shape index (κ1) is 71.8. The van der Waals surface area contributed by atoms with Gasteiger partial charge in [-0.2, -0.15) is 0 Å². The van der Waals surface area contributed by atoms with Crippen LogP contribution in [0.15, 0.2) is 72.9 Å². The number of rotatable bonds is 59. The summed E-state index contributed by atoms with van der Waals surface area (Å²) in [5.74, 6) is -0.966. The van der Waals surface area contributed by atoms with Crippen molar-refractivity contribution < 1.29 is 28.6 Å². The van der Waals surface area contributed by atoms with Crippen LogP contribution < -0.4 is 0 Å². The van der Waals surface area contributed by atoms with Crippen molar-refractivity contribution in [2.24, 2.45) is 0 Å². The molecule has 0 bridgehead atoms. The van der Waals surface area contributed by atoms with Crippen molar-refractivity contribution in [2.45, 2.75) is 335 Å². The van der Waals surface area contributed by atoms with Gasteiger partial charge in [0.2, 0.25) is 0 Å². The maximum atomic E-state index is 12.9. The number of unbranched alkanes of at least 4 members (excludes halogenated alkanes) is 36. The van der Waals surface area contributed by atoms with E-state index >= 15 is 0 Å². The Labute approximate surface area is 465 Å². The molecule has 0 N–H and O–H groups in total. The number of carbonyl (C=O) groups is 3. The van der Waals surface area contributed by atoms with Gasteiger partial charge in [-0.3, -0.25) is 14.4 Å². The smallest absolute Gasteiger partial charge is 0.306 e. The molecular formula is C69H122O6. The van der Waals surface area contributed by atoms with Crippen LogP contribution in [0.4, 0.5) is 0 Å². The average Bonchev–Trinajstić information content (AvgIpc) is 3.41. The van der Waals surface area contributed by atoms with E-state index in [9.17, 15) is 14.4 Å². The molecule has 0 amide bonds. The first-order valence-electron chi connectivity index (χ1n) is 32.4. The molecule has 434 valence electrons. The summed E-state index contributed by atoms with van der Waals surface area (Å²) in [6.45, 7) is 6.52. The van der Waals surface area contributed by atoms with Crippen molar-refractivity contribution >= 4 is 17.9 Å². The number of esters is 3. The molecule has 0 aliphatic heterocycles. The van der Waals surface area contributed by atoms with Gasteiger partial charge in [-0.15, -0.1) is 0 Å². The zero-order valence-electron chi connectivity index (χ0n) is 49.8. The van der Waals surface area contributed by atoms with E-state index in [0.29, 0.717) is 19.3 Å². The minimum Gasteiger partial charge on any atom is -0.462 e. The van der Waals surface area contributed by atoms with E-state index in [2.05, 4.69) is 87.6 Å². The van der Waals surface area contributed by atoms with Crippen LogP contribution in [-0.2, 0) is 28.6 Å². The van der Waals surface area contributed by atoms with Gasteiger partial charge >= 0.3 is 17.9 Å². The van der Waals surface area contributed by atoms with Crippen molar-refractivity contribution in [3.05, 3.63) is 72.9 Å². The fourth-order valence-corrected chi connectivity index (χ4v) is 9.41. The molecule has 0 aromatic heterocycles. The van der Waals surface area contributed by atoms with E-state index in [4.69, 9.17) is 14.2 Å². The summed E-state index contributed by atoms with van der Waals surface area (Å²) < 4.78 is 16.9. The lowest BCUT2D eigenvalue weighted by Crippen LogP contribution is -2.30. The zero-order chi connectivity index (χ0) is 54.3. The van der Waals surface area contributed by atoms with Crippen molar-refractivity contribution in [3.63, 3.8) is 0 Å².